The van der Waals surface area contributed by atoms with E-state index in [0.29, 0.717) is 5.82 Å². The maximum Gasteiger partial charge on any atom is 0.135 e. The van der Waals surface area contributed by atoms with Crippen LogP contribution in [0.5, 0.6) is 0 Å². The molecule has 0 aliphatic heterocycles. The van der Waals surface area contributed by atoms with Gasteiger partial charge in [-0.3, -0.25) is 0 Å². The highest BCUT2D eigenvalue weighted by Gasteiger charge is 2.14. The maximum atomic E-state index is 6.01. The van der Waals surface area contributed by atoms with Gasteiger partial charge in [-0.2, -0.15) is 0 Å². The molecule has 1 aromatic carbocycles. The number of hydrogen-bond donors (Lipinski definition) is 2. The van der Waals surface area contributed by atoms with Crippen molar-refractivity contribution >= 4 is 11.6 Å². The van der Waals surface area contributed by atoms with Crippen molar-refractivity contribution in [3.05, 3.63) is 46.8 Å². The van der Waals surface area contributed by atoms with Crippen molar-refractivity contribution in [2.24, 2.45) is 0 Å². The van der Waals surface area contributed by atoms with Crippen LogP contribution >= 0.6 is 0 Å². The van der Waals surface area contributed by atoms with Gasteiger partial charge >= 0.3 is 0 Å². The summed E-state index contributed by atoms with van der Waals surface area (Å²) in [5.41, 5.74) is 9.44. The van der Waals surface area contributed by atoms with E-state index in [9.17, 15) is 0 Å². The molecule has 4 heteroatoms. The van der Waals surface area contributed by atoms with Crippen LogP contribution in [0, 0.1) is 13.8 Å². The third-order valence-corrected chi connectivity index (χ3v) is 3.73. The lowest BCUT2D eigenvalue weighted by molar-refractivity contribution is 0.767. The van der Waals surface area contributed by atoms with Crippen LogP contribution in [0.3, 0.4) is 0 Å². The Balaban J connectivity index is 2.33. The predicted molar refractivity (Wildman–Crippen MR) is 88.5 cm³/mol. The Morgan fingerprint density at radius 2 is 1.71 bits per heavy atom. The predicted octanol–water partition coefficient (Wildman–Crippen LogP) is 3.97. The Morgan fingerprint density at radius 3 is 2.33 bits per heavy atom. The molecule has 2 aromatic rings. The summed E-state index contributed by atoms with van der Waals surface area (Å²) < 4.78 is 0. The lowest BCUT2D eigenvalue weighted by atomic mass is 10.0. The number of rotatable bonds is 4. The van der Waals surface area contributed by atoms with Crippen LogP contribution in [0.4, 0.5) is 11.6 Å². The van der Waals surface area contributed by atoms with Gasteiger partial charge in [-0.1, -0.05) is 38.1 Å². The average molecular weight is 284 g/mol. The van der Waals surface area contributed by atoms with Crippen molar-refractivity contribution in [3.63, 3.8) is 0 Å². The number of nitrogens with two attached hydrogens (primary N) is 1. The minimum Gasteiger partial charge on any atom is -0.383 e. The van der Waals surface area contributed by atoms with Gasteiger partial charge in [0, 0.05) is 11.5 Å². The molecule has 1 heterocycles. The van der Waals surface area contributed by atoms with Crippen LogP contribution in [-0.2, 0) is 0 Å². The van der Waals surface area contributed by atoms with Crippen LogP contribution in [0.2, 0.25) is 0 Å². The largest absolute Gasteiger partial charge is 0.383 e. The Labute approximate surface area is 126 Å². The molecule has 0 aliphatic carbocycles. The SMILES string of the molecule is Cc1ccccc1C(C)Nc1nc(C(C)C)nc(N)c1C. The monoisotopic (exact) mass is 284 g/mol. The highest BCUT2D eigenvalue weighted by molar-refractivity contribution is 5.56. The molecule has 0 aliphatic rings. The highest BCUT2D eigenvalue weighted by atomic mass is 15.1. The molecular formula is C17H24N4. The second-order valence-electron chi connectivity index (χ2n) is 5.82. The van der Waals surface area contributed by atoms with E-state index >= 15 is 0 Å². The topological polar surface area (TPSA) is 63.8 Å². The molecule has 0 bridgehead atoms. The van der Waals surface area contributed by atoms with E-state index in [1.807, 2.05) is 6.92 Å². The minimum absolute atomic E-state index is 0.166. The van der Waals surface area contributed by atoms with Crippen LogP contribution < -0.4 is 11.1 Å². The zero-order valence-corrected chi connectivity index (χ0v) is 13.4. The molecule has 1 unspecified atom stereocenters. The quantitative estimate of drug-likeness (QED) is 0.891. The Kier molecular flexibility index (Phi) is 4.46. The smallest absolute Gasteiger partial charge is 0.135 e. The Bertz CT molecular complexity index is 635. The molecule has 21 heavy (non-hydrogen) atoms. The van der Waals surface area contributed by atoms with E-state index in [2.05, 4.69) is 67.2 Å². The van der Waals surface area contributed by atoms with Crippen LogP contribution in [0.15, 0.2) is 24.3 Å². The minimum atomic E-state index is 0.166. The van der Waals surface area contributed by atoms with Crippen molar-refractivity contribution < 1.29 is 0 Å². The van der Waals surface area contributed by atoms with Crippen molar-refractivity contribution in [3.8, 4) is 0 Å². The van der Waals surface area contributed by atoms with Gasteiger partial charge in [0.05, 0.1) is 6.04 Å². The third-order valence-electron chi connectivity index (χ3n) is 3.73. The van der Waals surface area contributed by atoms with E-state index in [0.717, 1.165) is 17.2 Å². The van der Waals surface area contributed by atoms with Crippen molar-refractivity contribution in [2.75, 3.05) is 11.1 Å². The average Bonchev–Trinajstić information content (AvgIpc) is 2.43. The molecule has 0 saturated carbocycles. The van der Waals surface area contributed by atoms with Gasteiger partial charge < -0.3 is 11.1 Å². The van der Waals surface area contributed by atoms with Gasteiger partial charge in [-0.15, -0.1) is 0 Å². The van der Waals surface area contributed by atoms with Gasteiger partial charge in [0.1, 0.15) is 17.5 Å². The molecule has 1 aromatic heterocycles. The van der Waals surface area contributed by atoms with E-state index in [-0.39, 0.29) is 12.0 Å². The zero-order valence-electron chi connectivity index (χ0n) is 13.4. The third kappa shape index (κ3) is 3.32. The summed E-state index contributed by atoms with van der Waals surface area (Å²) in [6.45, 7) is 10.3. The van der Waals surface area contributed by atoms with Crippen molar-refractivity contribution in [1.29, 1.82) is 0 Å². The van der Waals surface area contributed by atoms with Gasteiger partial charge in [0.15, 0.2) is 0 Å². The van der Waals surface area contributed by atoms with Crippen LogP contribution in [-0.4, -0.2) is 9.97 Å². The molecule has 0 amide bonds. The fourth-order valence-electron chi connectivity index (χ4n) is 2.31. The van der Waals surface area contributed by atoms with Gasteiger partial charge in [-0.25, -0.2) is 9.97 Å². The first kappa shape index (κ1) is 15.3. The summed E-state index contributed by atoms with van der Waals surface area (Å²) in [4.78, 5) is 8.98. The summed E-state index contributed by atoms with van der Waals surface area (Å²) >= 11 is 0. The molecule has 112 valence electrons. The molecule has 0 spiro atoms. The van der Waals surface area contributed by atoms with Crippen LogP contribution in [0.1, 0.15) is 55.2 Å². The van der Waals surface area contributed by atoms with E-state index in [1.165, 1.54) is 11.1 Å². The number of benzene rings is 1. The van der Waals surface area contributed by atoms with Gasteiger partial charge in [-0.05, 0) is 31.9 Å². The molecule has 0 saturated heterocycles. The molecule has 3 N–H and O–H groups in total. The van der Waals surface area contributed by atoms with E-state index < -0.39 is 0 Å². The second kappa shape index (κ2) is 6.12. The number of nitrogens with zero attached hydrogens (tertiary/aromatic N) is 2. The molecule has 0 radical (unpaired) electrons. The summed E-state index contributed by atoms with van der Waals surface area (Å²) in [5, 5.41) is 3.47. The zero-order chi connectivity index (χ0) is 15.6. The summed E-state index contributed by atoms with van der Waals surface area (Å²) in [5.74, 6) is 2.40. The maximum absolute atomic E-state index is 6.01. The second-order valence-corrected chi connectivity index (χ2v) is 5.82. The number of aryl methyl sites for hydroxylation is 1. The number of nitrogens with one attached hydrogen (secondary N) is 1. The number of nitrogen functional groups attached to an aromatic ring is 1. The lowest BCUT2D eigenvalue weighted by Crippen LogP contribution is -2.14. The number of anilines is 2. The molecule has 1 atom stereocenters. The Morgan fingerprint density at radius 1 is 1.05 bits per heavy atom. The molecule has 0 fully saturated rings. The number of hydrogen-bond acceptors (Lipinski definition) is 4. The molecular weight excluding hydrogens is 260 g/mol. The first-order chi connectivity index (χ1) is 9.90. The first-order valence-electron chi connectivity index (χ1n) is 7.36. The summed E-state index contributed by atoms with van der Waals surface area (Å²) in [7, 11) is 0. The first-order valence-corrected chi connectivity index (χ1v) is 7.36. The van der Waals surface area contributed by atoms with Crippen molar-refractivity contribution in [1.82, 2.24) is 9.97 Å². The standard InChI is InChI=1S/C17H24N4/c1-10(2)16-20-15(18)12(4)17(21-16)19-13(5)14-9-7-6-8-11(14)3/h6-10,13H,1-5H3,(H3,18,19,20,21). The summed E-state index contributed by atoms with van der Waals surface area (Å²) in [6, 6.07) is 8.53. The fraction of sp³-hybridized carbons (Fsp3) is 0.412. The highest BCUT2D eigenvalue weighted by Crippen LogP contribution is 2.26. The molecule has 2 rings (SSSR count). The van der Waals surface area contributed by atoms with E-state index in [4.69, 9.17) is 5.73 Å². The van der Waals surface area contributed by atoms with Gasteiger partial charge in [0.25, 0.3) is 0 Å². The number of aromatic nitrogens is 2. The lowest BCUT2D eigenvalue weighted by Gasteiger charge is -2.20. The fourth-order valence-corrected chi connectivity index (χ4v) is 2.31. The summed E-state index contributed by atoms with van der Waals surface area (Å²) in [6.07, 6.45) is 0. The van der Waals surface area contributed by atoms with Crippen LogP contribution in [0.25, 0.3) is 0 Å². The van der Waals surface area contributed by atoms with Crippen molar-refractivity contribution in [2.45, 2.75) is 46.6 Å². The Hall–Kier alpha value is -2.10. The molecule has 4 nitrogen and oxygen atoms in total. The van der Waals surface area contributed by atoms with E-state index in [1.54, 1.807) is 0 Å². The normalized spacial score (nSPS) is 12.5. The van der Waals surface area contributed by atoms with Gasteiger partial charge in [0.2, 0.25) is 0 Å².